The first-order valence-electron chi connectivity index (χ1n) is 12.4. The van der Waals surface area contributed by atoms with Crippen molar-refractivity contribution >= 4 is 5.97 Å². The molecule has 182 valence electrons. The second-order valence-corrected chi connectivity index (χ2v) is 9.78. The largest absolute Gasteiger partial charge is 0.497 e. The lowest BCUT2D eigenvalue weighted by molar-refractivity contribution is 0.0727. The van der Waals surface area contributed by atoms with Gasteiger partial charge in [0.25, 0.3) is 0 Å². The van der Waals surface area contributed by atoms with Crippen LogP contribution < -0.4 is 9.47 Å². The molecule has 3 nitrogen and oxygen atoms in total. The van der Waals surface area contributed by atoms with Crippen LogP contribution in [0.5, 0.6) is 11.5 Å². The lowest BCUT2D eigenvalue weighted by Gasteiger charge is -2.42. The maximum atomic E-state index is 15.1. The monoisotopic (exact) mass is 468 g/mol. The first-order chi connectivity index (χ1) is 16.5. The van der Waals surface area contributed by atoms with Crippen molar-refractivity contribution in [1.29, 1.82) is 0 Å². The summed E-state index contributed by atoms with van der Waals surface area (Å²) in [5.41, 5.74) is 0.757. The number of methoxy groups -OCH3 is 1. The molecule has 2 fully saturated rings. The molecule has 2 aliphatic carbocycles. The number of halogens is 2. The first kappa shape index (κ1) is 24.4. The Bertz CT molecular complexity index is 1030. The summed E-state index contributed by atoms with van der Waals surface area (Å²) in [6.45, 7) is 2.08. The molecule has 4 atom stereocenters. The Morgan fingerprint density at radius 1 is 1.00 bits per heavy atom. The van der Waals surface area contributed by atoms with Crippen LogP contribution in [-0.4, -0.2) is 13.1 Å². The molecule has 2 aromatic carbocycles. The van der Waals surface area contributed by atoms with Gasteiger partial charge in [0.15, 0.2) is 11.6 Å². The van der Waals surface area contributed by atoms with Crippen LogP contribution in [0.3, 0.4) is 0 Å². The van der Waals surface area contributed by atoms with Gasteiger partial charge in [0.1, 0.15) is 11.6 Å². The van der Waals surface area contributed by atoms with E-state index >= 15 is 4.39 Å². The van der Waals surface area contributed by atoms with Gasteiger partial charge < -0.3 is 9.47 Å². The average molecular weight is 469 g/mol. The number of hydrogen-bond donors (Lipinski definition) is 0. The van der Waals surface area contributed by atoms with Gasteiger partial charge >= 0.3 is 5.97 Å². The predicted octanol–water partition coefficient (Wildman–Crippen LogP) is 7.85. The highest BCUT2D eigenvalue weighted by atomic mass is 19.1. The van der Waals surface area contributed by atoms with Gasteiger partial charge in [-0.1, -0.05) is 24.6 Å². The fraction of sp³-hybridized carbons (Fsp3) is 0.483. The van der Waals surface area contributed by atoms with Gasteiger partial charge in [-0.05, 0) is 105 Å². The van der Waals surface area contributed by atoms with Crippen molar-refractivity contribution in [2.75, 3.05) is 7.11 Å². The van der Waals surface area contributed by atoms with Gasteiger partial charge in [-0.3, -0.25) is 0 Å². The predicted molar refractivity (Wildman–Crippen MR) is 129 cm³/mol. The molecule has 4 unspecified atom stereocenters. The van der Waals surface area contributed by atoms with E-state index in [2.05, 4.69) is 19.1 Å². The molecule has 0 aliphatic heterocycles. The van der Waals surface area contributed by atoms with Gasteiger partial charge in [-0.2, -0.15) is 0 Å². The molecule has 4 rings (SSSR count). The number of hydrogen-bond acceptors (Lipinski definition) is 3. The zero-order valence-electron chi connectivity index (χ0n) is 20.1. The van der Waals surface area contributed by atoms with E-state index in [1.54, 1.807) is 12.1 Å². The highest BCUT2D eigenvalue weighted by molar-refractivity contribution is 5.91. The van der Waals surface area contributed by atoms with Crippen molar-refractivity contribution in [2.24, 2.45) is 17.8 Å². The highest BCUT2D eigenvalue weighted by Crippen LogP contribution is 2.48. The van der Waals surface area contributed by atoms with Crippen LogP contribution in [0.4, 0.5) is 8.78 Å². The summed E-state index contributed by atoms with van der Waals surface area (Å²) >= 11 is 0. The normalized spacial score (nSPS) is 24.6. The summed E-state index contributed by atoms with van der Waals surface area (Å²) in [4.78, 5) is 12.5. The van der Waals surface area contributed by atoms with Gasteiger partial charge in [-0.15, -0.1) is 0 Å². The van der Waals surface area contributed by atoms with E-state index in [1.165, 1.54) is 57.4 Å². The van der Waals surface area contributed by atoms with E-state index < -0.39 is 11.8 Å². The second kappa shape index (κ2) is 11.2. The van der Waals surface area contributed by atoms with Crippen molar-refractivity contribution in [3.05, 3.63) is 71.3 Å². The second-order valence-electron chi connectivity index (χ2n) is 9.78. The Hall–Kier alpha value is -2.69. The smallest absolute Gasteiger partial charge is 0.343 e. The molecule has 2 aliphatic rings. The minimum absolute atomic E-state index is 0.0757. The average Bonchev–Trinajstić information content (AvgIpc) is 2.85. The van der Waals surface area contributed by atoms with E-state index in [9.17, 15) is 9.18 Å². The van der Waals surface area contributed by atoms with Gasteiger partial charge in [-0.25, -0.2) is 13.6 Å². The lowest BCUT2D eigenvalue weighted by Crippen LogP contribution is -2.30. The number of carbonyl (C=O) groups excluding carboxylic acids is 1. The maximum absolute atomic E-state index is 15.1. The number of esters is 1. The van der Waals surface area contributed by atoms with Crippen LogP contribution in [0.25, 0.3) is 0 Å². The number of carbonyl (C=O) groups is 1. The standard InChI is InChI=1S/C29H34F2O3/c1-3-4-5-6-19-7-8-21-16-22(10-9-20(21)15-19)25-13-11-23(17-26(25)30)29(32)34-28-14-12-24(33-2)18-27(28)31/h3-4,11-14,17-22H,5-10,15-16H2,1-2H3/b4-3+. The molecule has 0 saturated heterocycles. The van der Waals surface area contributed by atoms with E-state index in [0.29, 0.717) is 17.2 Å². The fourth-order valence-corrected chi connectivity index (χ4v) is 5.86. The third kappa shape index (κ3) is 5.68. The topological polar surface area (TPSA) is 35.5 Å². The van der Waals surface area contributed by atoms with Crippen LogP contribution in [0, 0.1) is 29.4 Å². The number of ether oxygens (including phenoxy) is 2. The summed E-state index contributed by atoms with van der Waals surface area (Å²) in [5, 5.41) is 0. The van der Waals surface area contributed by atoms with Gasteiger partial charge in [0, 0.05) is 6.07 Å². The van der Waals surface area contributed by atoms with Gasteiger partial charge in [0.05, 0.1) is 12.7 Å². The zero-order chi connectivity index (χ0) is 24.1. The summed E-state index contributed by atoms with van der Waals surface area (Å²) in [6, 6.07) is 8.49. The van der Waals surface area contributed by atoms with E-state index in [4.69, 9.17) is 9.47 Å². The third-order valence-electron chi connectivity index (χ3n) is 7.72. The quantitative estimate of drug-likeness (QED) is 0.236. The molecule has 2 aromatic rings. The Kier molecular flexibility index (Phi) is 8.02. The molecular formula is C29H34F2O3. The molecule has 2 saturated carbocycles. The molecule has 34 heavy (non-hydrogen) atoms. The van der Waals surface area contributed by atoms with Crippen molar-refractivity contribution in [1.82, 2.24) is 0 Å². The van der Waals surface area contributed by atoms with Crippen LogP contribution in [0.1, 0.15) is 80.1 Å². The summed E-state index contributed by atoms with van der Waals surface area (Å²) in [5.74, 6) is 0.674. The Balaban J connectivity index is 1.37. The van der Waals surface area contributed by atoms with Crippen LogP contribution in [-0.2, 0) is 0 Å². The van der Waals surface area contributed by atoms with Crippen LogP contribution in [0.15, 0.2) is 48.6 Å². The van der Waals surface area contributed by atoms with E-state index in [1.807, 2.05) is 0 Å². The number of fused-ring (bicyclic) bond motifs is 1. The number of allylic oxidation sites excluding steroid dienone is 2. The van der Waals surface area contributed by atoms with E-state index in [-0.39, 0.29) is 23.0 Å². The third-order valence-corrected chi connectivity index (χ3v) is 7.72. The molecule has 0 aromatic heterocycles. The first-order valence-corrected chi connectivity index (χ1v) is 12.4. The molecule has 0 radical (unpaired) electrons. The Labute approximate surface area is 201 Å². The Morgan fingerprint density at radius 2 is 1.79 bits per heavy atom. The van der Waals surface area contributed by atoms with Crippen molar-refractivity contribution in [2.45, 2.75) is 64.2 Å². The Morgan fingerprint density at radius 3 is 2.53 bits per heavy atom. The maximum Gasteiger partial charge on any atom is 0.343 e. The summed E-state index contributed by atoms with van der Waals surface area (Å²) < 4.78 is 39.3. The van der Waals surface area contributed by atoms with Crippen LogP contribution in [0.2, 0.25) is 0 Å². The minimum atomic E-state index is -0.783. The SMILES string of the molecule is C/C=C/CCC1CCC2CC(c3ccc(C(=O)Oc4ccc(OC)cc4F)cc3F)CCC2C1. The summed E-state index contributed by atoms with van der Waals surface area (Å²) in [6.07, 6.45) is 13.8. The molecular weight excluding hydrogens is 434 g/mol. The van der Waals surface area contributed by atoms with Crippen molar-refractivity contribution in [3.8, 4) is 11.5 Å². The fourth-order valence-electron chi connectivity index (χ4n) is 5.86. The molecule has 0 heterocycles. The lowest BCUT2D eigenvalue weighted by atomic mass is 9.63. The molecule has 5 heteroatoms. The molecule has 0 amide bonds. The number of benzene rings is 2. The van der Waals surface area contributed by atoms with Crippen molar-refractivity contribution in [3.63, 3.8) is 0 Å². The minimum Gasteiger partial charge on any atom is -0.497 e. The van der Waals surface area contributed by atoms with Crippen LogP contribution >= 0.6 is 0 Å². The molecule has 0 N–H and O–H groups in total. The molecule has 0 bridgehead atoms. The zero-order valence-corrected chi connectivity index (χ0v) is 20.1. The van der Waals surface area contributed by atoms with Gasteiger partial charge in [0.2, 0.25) is 0 Å². The van der Waals surface area contributed by atoms with E-state index in [0.717, 1.165) is 37.2 Å². The summed E-state index contributed by atoms with van der Waals surface area (Å²) in [7, 11) is 1.43. The molecule has 0 spiro atoms. The number of rotatable bonds is 7. The highest BCUT2D eigenvalue weighted by Gasteiger charge is 2.36. The van der Waals surface area contributed by atoms with Crippen molar-refractivity contribution < 1.29 is 23.0 Å².